The van der Waals surface area contributed by atoms with Gasteiger partial charge in [-0.3, -0.25) is 0 Å². The molecular weight excluding hydrogens is 128 g/mol. The predicted molar refractivity (Wildman–Crippen MR) is 41.1 cm³/mol. The Morgan fingerprint density at radius 1 is 1.00 bits per heavy atom. The number of hydrogen-bond donors (Lipinski definition) is 2. The molecule has 0 aromatic carbocycles. The number of aromatic nitrogens is 2. The molecule has 1 rings (SSSR count). The molecule has 0 bridgehead atoms. The highest BCUT2D eigenvalue weighted by molar-refractivity contribution is 5.37. The van der Waals surface area contributed by atoms with Crippen molar-refractivity contribution in [3.05, 3.63) is 12.4 Å². The summed E-state index contributed by atoms with van der Waals surface area (Å²) in [5.41, 5.74) is 0. The lowest BCUT2D eigenvalue weighted by Gasteiger charge is -1.99. The van der Waals surface area contributed by atoms with Crippen LogP contribution in [0.1, 0.15) is 0 Å². The maximum absolute atomic E-state index is 4.03. The molecule has 0 amide bonds. The molecule has 10 heavy (non-hydrogen) atoms. The molecule has 0 saturated heterocycles. The van der Waals surface area contributed by atoms with Gasteiger partial charge in [-0.15, -0.1) is 0 Å². The molecule has 4 heteroatoms. The van der Waals surface area contributed by atoms with Crippen LogP contribution in [-0.2, 0) is 0 Å². The topological polar surface area (TPSA) is 49.8 Å². The Morgan fingerprint density at radius 2 is 1.40 bits per heavy atom. The Morgan fingerprint density at radius 3 is 1.60 bits per heavy atom. The number of nitrogens with one attached hydrogen (secondary N) is 2. The number of nitrogens with zero attached hydrogens (tertiary/aromatic N) is 2. The lowest BCUT2D eigenvalue weighted by Crippen LogP contribution is -1.96. The van der Waals surface area contributed by atoms with Crippen LogP contribution in [0.2, 0.25) is 0 Å². The quantitative estimate of drug-likeness (QED) is 0.627. The molecule has 2 N–H and O–H groups in total. The predicted octanol–water partition coefficient (Wildman–Crippen LogP) is 0.560. The van der Waals surface area contributed by atoms with Gasteiger partial charge in [-0.25, -0.2) is 9.97 Å². The lowest BCUT2D eigenvalue weighted by atomic mass is 10.6. The summed E-state index contributed by atoms with van der Waals surface area (Å²) in [5, 5.41) is 5.75. The molecule has 1 aromatic rings. The van der Waals surface area contributed by atoms with Gasteiger partial charge in [-0.1, -0.05) is 0 Å². The zero-order chi connectivity index (χ0) is 7.40. The van der Waals surface area contributed by atoms with Crippen molar-refractivity contribution in [1.29, 1.82) is 0 Å². The number of anilines is 2. The zero-order valence-electron chi connectivity index (χ0n) is 6.05. The summed E-state index contributed by atoms with van der Waals surface area (Å²) in [6.45, 7) is 0. The summed E-state index contributed by atoms with van der Waals surface area (Å²) in [7, 11) is 3.62. The van der Waals surface area contributed by atoms with Crippen LogP contribution >= 0.6 is 0 Å². The standard InChI is InChI=1S/C6H10N4/c1-7-5-3-10-6(8-2)4-9-5/h3-4H,1-2H3,(H,7,9)(H,8,10). The summed E-state index contributed by atoms with van der Waals surface area (Å²) in [6, 6.07) is 0. The van der Waals surface area contributed by atoms with Gasteiger partial charge < -0.3 is 10.6 Å². The SMILES string of the molecule is CNc1cnc(NC)cn1. The van der Waals surface area contributed by atoms with E-state index in [1.165, 1.54) is 0 Å². The highest BCUT2D eigenvalue weighted by atomic mass is 15.0. The maximum atomic E-state index is 4.03. The van der Waals surface area contributed by atoms with Gasteiger partial charge in [0, 0.05) is 14.1 Å². The first-order valence-electron chi connectivity index (χ1n) is 3.04. The van der Waals surface area contributed by atoms with Gasteiger partial charge in [0.1, 0.15) is 11.6 Å². The summed E-state index contributed by atoms with van der Waals surface area (Å²) in [4.78, 5) is 8.06. The Kier molecular flexibility index (Phi) is 2.04. The largest absolute Gasteiger partial charge is 0.372 e. The fourth-order valence-electron chi connectivity index (χ4n) is 0.586. The van der Waals surface area contributed by atoms with E-state index in [0.717, 1.165) is 11.6 Å². The van der Waals surface area contributed by atoms with Gasteiger partial charge >= 0.3 is 0 Å². The molecule has 0 atom stereocenters. The van der Waals surface area contributed by atoms with Crippen molar-refractivity contribution >= 4 is 11.6 Å². The first kappa shape index (κ1) is 6.80. The van der Waals surface area contributed by atoms with Crippen LogP contribution in [0.25, 0.3) is 0 Å². The van der Waals surface area contributed by atoms with Crippen LogP contribution < -0.4 is 10.6 Å². The second-order valence-electron chi connectivity index (χ2n) is 1.79. The normalized spacial score (nSPS) is 9.00. The van der Waals surface area contributed by atoms with E-state index in [2.05, 4.69) is 20.6 Å². The minimum Gasteiger partial charge on any atom is -0.372 e. The Balaban J connectivity index is 2.80. The first-order valence-corrected chi connectivity index (χ1v) is 3.04. The van der Waals surface area contributed by atoms with E-state index >= 15 is 0 Å². The van der Waals surface area contributed by atoms with E-state index in [9.17, 15) is 0 Å². The van der Waals surface area contributed by atoms with E-state index in [4.69, 9.17) is 0 Å². The molecule has 0 spiro atoms. The molecule has 0 saturated carbocycles. The molecule has 0 radical (unpaired) electrons. The van der Waals surface area contributed by atoms with Gasteiger partial charge in [-0.05, 0) is 0 Å². The zero-order valence-corrected chi connectivity index (χ0v) is 6.05. The molecule has 1 heterocycles. The fraction of sp³-hybridized carbons (Fsp3) is 0.333. The maximum Gasteiger partial charge on any atom is 0.144 e. The van der Waals surface area contributed by atoms with E-state index in [1.807, 2.05) is 14.1 Å². The number of hydrogen-bond acceptors (Lipinski definition) is 4. The van der Waals surface area contributed by atoms with Crippen molar-refractivity contribution in [2.75, 3.05) is 24.7 Å². The molecule has 4 nitrogen and oxygen atoms in total. The minimum absolute atomic E-state index is 0.777. The van der Waals surface area contributed by atoms with Crippen LogP contribution in [0.15, 0.2) is 12.4 Å². The van der Waals surface area contributed by atoms with E-state index in [-0.39, 0.29) is 0 Å². The van der Waals surface area contributed by atoms with Gasteiger partial charge in [0.25, 0.3) is 0 Å². The monoisotopic (exact) mass is 138 g/mol. The van der Waals surface area contributed by atoms with Gasteiger partial charge in [-0.2, -0.15) is 0 Å². The lowest BCUT2D eigenvalue weighted by molar-refractivity contribution is 1.18. The van der Waals surface area contributed by atoms with Crippen LogP contribution in [-0.4, -0.2) is 24.1 Å². The summed E-state index contributed by atoms with van der Waals surface area (Å²) < 4.78 is 0. The third-order valence-electron chi connectivity index (χ3n) is 1.16. The molecular formula is C6H10N4. The highest BCUT2D eigenvalue weighted by Crippen LogP contribution is 2.01. The Hall–Kier alpha value is -1.32. The molecule has 1 aromatic heterocycles. The smallest absolute Gasteiger partial charge is 0.144 e. The minimum atomic E-state index is 0.777. The van der Waals surface area contributed by atoms with Crippen LogP contribution in [0.4, 0.5) is 11.6 Å². The molecule has 0 aliphatic carbocycles. The average molecular weight is 138 g/mol. The third-order valence-corrected chi connectivity index (χ3v) is 1.16. The fourth-order valence-corrected chi connectivity index (χ4v) is 0.586. The van der Waals surface area contributed by atoms with Gasteiger partial charge in [0.05, 0.1) is 12.4 Å². The summed E-state index contributed by atoms with van der Waals surface area (Å²) >= 11 is 0. The van der Waals surface area contributed by atoms with Crippen molar-refractivity contribution in [1.82, 2.24) is 9.97 Å². The van der Waals surface area contributed by atoms with E-state index in [1.54, 1.807) is 12.4 Å². The van der Waals surface area contributed by atoms with Crippen molar-refractivity contribution < 1.29 is 0 Å². The molecule has 0 aliphatic heterocycles. The molecule has 0 aliphatic rings. The van der Waals surface area contributed by atoms with Crippen LogP contribution in [0.3, 0.4) is 0 Å². The van der Waals surface area contributed by atoms with Gasteiger partial charge in [0.15, 0.2) is 0 Å². The summed E-state index contributed by atoms with van der Waals surface area (Å²) in [6.07, 6.45) is 3.34. The first-order chi connectivity index (χ1) is 4.86. The second kappa shape index (κ2) is 3.00. The Labute approximate surface area is 59.7 Å². The van der Waals surface area contributed by atoms with E-state index < -0.39 is 0 Å². The Bertz CT molecular complexity index is 170. The molecule has 0 unspecified atom stereocenters. The highest BCUT2D eigenvalue weighted by Gasteiger charge is 1.89. The van der Waals surface area contributed by atoms with Crippen molar-refractivity contribution in [3.63, 3.8) is 0 Å². The van der Waals surface area contributed by atoms with Crippen molar-refractivity contribution in [2.24, 2.45) is 0 Å². The van der Waals surface area contributed by atoms with Crippen molar-refractivity contribution in [3.8, 4) is 0 Å². The molecule has 54 valence electrons. The number of rotatable bonds is 2. The van der Waals surface area contributed by atoms with Crippen LogP contribution in [0, 0.1) is 0 Å². The average Bonchev–Trinajstić information content (AvgIpc) is 2.05. The molecule has 0 fully saturated rings. The second-order valence-corrected chi connectivity index (χ2v) is 1.79. The van der Waals surface area contributed by atoms with Gasteiger partial charge in [0.2, 0.25) is 0 Å². The van der Waals surface area contributed by atoms with Crippen LogP contribution in [0.5, 0.6) is 0 Å². The third kappa shape index (κ3) is 1.34. The van der Waals surface area contributed by atoms with E-state index in [0.29, 0.717) is 0 Å². The van der Waals surface area contributed by atoms with Crippen molar-refractivity contribution in [2.45, 2.75) is 0 Å². The summed E-state index contributed by atoms with van der Waals surface area (Å²) in [5.74, 6) is 1.55.